The van der Waals surface area contributed by atoms with E-state index in [1.54, 1.807) is 7.11 Å². The van der Waals surface area contributed by atoms with Crippen LogP contribution < -0.4 is 19.5 Å². The first-order valence-corrected chi connectivity index (χ1v) is 10.3. The Morgan fingerprint density at radius 3 is 2.55 bits per heavy atom. The average molecular weight is 414 g/mol. The smallest absolute Gasteiger partial charge is 0.231 e. The first-order chi connectivity index (χ1) is 15.1. The van der Waals surface area contributed by atoms with E-state index in [4.69, 9.17) is 14.2 Å². The number of benzene rings is 2. The van der Waals surface area contributed by atoms with E-state index in [0.29, 0.717) is 35.5 Å². The Kier molecular flexibility index (Phi) is 4.67. The van der Waals surface area contributed by atoms with Crippen molar-refractivity contribution < 1.29 is 19.0 Å². The Balaban J connectivity index is 1.55. The van der Waals surface area contributed by atoms with E-state index < -0.39 is 5.92 Å². The normalized spacial score (nSPS) is 22.0. The predicted molar refractivity (Wildman–Crippen MR) is 114 cm³/mol. The molecule has 2 atom stereocenters. The van der Waals surface area contributed by atoms with Crippen molar-refractivity contribution in [1.29, 1.82) is 5.26 Å². The second kappa shape index (κ2) is 7.51. The number of nitriles is 1. The van der Waals surface area contributed by atoms with Gasteiger partial charge in [0.2, 0.25) is 6.79 Å². The first kappa shape index (κ1) is 19.3. The number of carbonyl (C=O) groups is 1. The molecule has 5 rings (SSSR count). The second-order valence-electron chi connectivity index (χ2n) is 8.01. The predicted octanol–water partition coefficient (Wildman–Crippen LogP) is 4.31. The van der Waals surface area contributed by atoms with E-state index in [0.717, 1.165) is 28.3 Å². The molecular weight excluding hydrogens is 392 g/mol. The monoisotopic (exact) mass is 414 g/mol. The standard InChI is InChI=1S/C25H22N2O4/c1-14-19(12-26)24(16-5-8-22-23(11-16)31-13-30-22)25-20(27-14)9-17(10-21(25)28)15-3-6-18(29-2)7-4-15/h3-8,11,17,24,27H,9-10,13H2,1-2H3/t17-,24-/m1/s1. The van der Waals surface area contributed by atoms with E-state index in [-0.39, 0.29) is 18.5 Å². The molecule has 156 valence electrons. The molecule has 3 aliphatic rings. The summed E-state index contributed by atoms with van der Waals surface area (Å²) in [4.78, 5) is 13.4. The molecule has 31 heavy (non-hydrogen) atoms. The van der Waals surface area contributed by atoms with Crippen molar-refractivity contribution in [2.75, 3.05) is 13.9 Å². The second-order valence-corrected chi connectivity index (χ2v) is 8.01. The van der Waals surface area contributed by atoms with Crippen LogP contribution in [0.15, 0.2) is 65.0 Å². The van der Waals surface area contributed by atoms with Crippen LogP contribution in [-0.2, 0) is 4.79 Å². The fourth-order valence-corrected chi connectivity index (χ4v) is 4.72. The summed E-state index contributed by atoms with van der Waals surface area (Å²) in [5, 5.41) is 13.3. The van der Waals surface area contributed by atoms with Crippen LogP contribution in [0.5, 0.6) is 17.2 Å². The van der Waals surface area contributed by atoms with Gasteiger partial charge in [0.25, 0.3) is 0 Å². The van der Waals surface area contributed by atoms with Crippen LogP contribution in [0.2, 0.25) is 0 Å². The molecule has 0 bridgehead atoms. The number of ketones is 1. The first-order valence-electron chi connectivity index (χ1n) is 10.3. The van der Waals surface area contributed by atoms with Gasteiger partial charge in [0.15, 0.2) is 17.3 Å². The quantitative estimate of drug-likeness (QED) is 0.806. The Hall–Kier alpha value is -3.72. The number of Topliss-reactive ketones (excluding diaryl/α,β-unsaturated/α-hetero) is 1. The Bertz CT molecular complexity index is 1170. The molecule has 2 aromatic carbocycles. The molecule has 1 N–H and O–H groups in total. The maximum atomic E-state index is 13.4. The molecule has 0 saturated heterocycles. The SMILES string of the molecule is COc1ccc([C@H]2CC(=O)C3=C(C2)NC(C)=C(C#N)[C@H]3c2ccc3c(c2)OCO3)cc1. The van der Waals surface area contributed by atoms with Crippen molar-refractivity contribution in [3.05, 3.63) is 76.1 Å². The van der Waals surface area contributed by atoms with Crippen molar-refractivity contribution >= 4 is 5.78 Å². The molecule has 1 aliphatic carbocycles. The van der Waals surface area contributed by atoms with Gasteiger partial charge in [0.1, 0.15) is 5.75 Å². The molecule has 0 fully saturated rings. The van der Waals surface area contributed by atoms with E-state index in [1.165, 1.54) is 0 Å². The van der Waals surface area contributed by atoms with Gasteiger partial charge in [-0.25, -0.2) is 0 Å². The molecule has 0 radical (unpaired) electrons. The minimum atomic E-state index is -0.403. The minimum Gasteiger partial charge on any atom is -0.497 e. The number of dihydropyridines is 1. The highest BCUT2D eigenvalue weighted by atomic mass is 16.7. The van der Waals surface area contributed by atoms with E-state index in [1.807, 2.05) is 49.4 Å². The average Bonchev–Trinajstić information content (AvgIpc) is 3.26. The number of ether oxygens (including phenoxy) is 3. The summed E-state index contributed by atoms with van der Waals surface area (Å²) in [6, 6.07) is 15.9. The number of methoxy groups -OCH3 is 1. The summed E-state index contributed by atoms with van der Waals surface area (Å²) in [5.74, 6) is 1.87. The zero-order chi connectivity index (χ0) is 21.5. The molecule has 0 saturated carbocycles. The maximum absolute atomic E-state index is 13.4. The highest BCUT2D eigenvalue weighted by Crippen LogP contribution is 2.47. The lowest BCUT2D eigenvalue weighted by Gasteiger charge is -2.35. The number of allylic oxidation sites excluding steroid dienone is 4. The van der Waals surface area contributed by atoms with Gasteiger partial charge in [0.05, 0.1) is 24.7 Å². The third kappa shape index (κ3) is 3.23. The molecule has 0 spiro atoms. The Morgan fingerprint density at radius 1 is 1.06 bits per heavy atom. The van der Waals surface area contributed by atoms with Crippen molar-refractivity contribution in [2.45, 2.75) is 31.6 Å². The third-order valence-corrected chi connectivity index (χ3v) is 6.27. The van der Waals surface area contributed by atoms with Gasteiger partial charge in [-0.15, -0.1) is 0 Å². The summed E-state index contributed by atoms with van der Waals surface area (Å²) in [7, 11) is 1.64. The Labute approximate surface area is 180 Å². The Morgan fingerprint density at radius 2 is 1.81 bits per heavy atom. The van der Waals surface area contributed by atoms with E-state index in [2.05, 4.69) is 11.4 Å². The lowest BCUT2D eigenvalue weighted by Crippen LogP contribution is -2.33. The van der Waals surface area contributed by atoms with Gasteiger partial charge >= 0.3 is 0 Å². The van der Waals surface area contributed by atoms with Gasteiger partial charge in [0, 0.05) is 23.4 Å². The highest BCUT2D eigenvalue weighted by molar-refractivity contribution is 6.00. The summed E-state index contributed by atoms with van der Waals surface area (Å²) in [6.07, 6.45) is 1.12. The van der Waals surface area contributed by atoms with Crippen LogP contribution in [-0.4, -0.2) is 19.7 Å². The van der Waals surface area contributed by atoms with Crippen LogP contribution in [0.1, 0.15) is 42.7 Å². The summed E-state index contributed by atoms with van der Waals surface area (Å²) < 4.78 is 16.2. The van der Waals surface area contributed by atoms with Gasteiger partial charge in [-0.3, -0.25) is 4.79 Å². The number of nitrogens with one attached hydrogen (secondary N) is 1. The van der Waals surface area contributed by atoms with Crippen molar-refractivity contribution in [3.63, 3.8) is 0 Å². The summed E-state index contributed by atoms with van der Waals surface area (Å²) in [5.41, 5.74) is 4.91. The topological polar surface area (TPSA) is 80.6 Å². The molecule has 2 heterocycles. The van der Waals surface area contributed by atoms with Gasteiger partial charge in [-0.1, -0.05) is 18.2 Å². The lowest BCUT2D eigenvalue weighted by molar-refractivity contribution is -0.116. The number of carbonyl (C=O) groups excluding carboxylic acids is 1. The molecular formula is C25H22N2O4. The molecule has 0 amide bonds. The number of nitrogens with zero attached hydrogens (tertiary/aromatic N) is 1. The fourth-order valence-electron chi connectivity index (χ4n) is 4.72. The van der Waals surface area contributed by atoms with Crippen LogP contribution in [0.25, 0.3) is 0 Å². The largest absolute Gasteiger partial charge is 0.497 e. The minimum absolute atomic E-state index is 0.0671. The molecule has 6 heteroatoms. The molecule has 2 aromatic rings. The summed E-state index contributed by atoms with van der Waals surface area (Å²) in [6.45, 7) is 2.07. The van der Waals surface area contributed by atoms with Gasteiger partial charge in [-0.2, -0.15) is 5.26 Å². The lowest BCUT2D eigenvalue weighted by atomic mass is 9.72. The zero-order valence-electron chi connectivity index (χ0n) is 17.4. The highest BCUT2D eigenvalue weighted by Gasteiger charge is 2.39. The number of fused-ring (bicyclic) bond motifs is 1. The van der Waals surface area contributed by atoms with Gasteiger partial charge in [-0.05, 0) is 54.7 Å². The van der Waals surface area contributed by atoms with Crippen LogP contribution in [0.3, 0.4) is 0 Å². The zero-order valence-corrected chi connectivity index (χ0v) is 17.4. The maximum Gasteiger partial charge on any atom is 0.231 e. The molecule has 0 aromatic heterocycles. The van der Waals surface area contributed by atoms with Crippen molar-refractivity contribution in [3.8, 4) is 23.3 Å². The molecule has 6 nitrogen and oxygen atoms in total. The van der Waals surface area contributed by atoms with E-state index in [9.17, 15) is 10.1 Å². The summed E-state index contributed by atoms with van der Waals surface area (Å²) >= 11 is 0. The number of hydrogen-bond acceptors (Lipinski definition) is 6. The third-order valence-electron chi connectivity index (χ3n) is 6.27. The number of rotatable bonds is 3. The number of hydrogen-bond donors (Lipinski definition) is 1. The molecule has 0 unspecified atom stereocenters. The van der Waals surface area contributed by atoms with Crippen molar-refractivity contribution in [2.24, 2.45) is 0 Å². The van der Waals surface area contributed by atoms with Gasteiger partial charge < -0.3 is 19.5 Å². The molecule has 2 aliphatic heterocycles. The van der Waals surface area contributed by atoms with Crippen molar-refractivity contribution in [1.82, 2.24) is 5.32 Å². The van der Waals surface area contributed by atoms with Crippen LogP contribution in [0.4, 0.5) is 0 Å². The van der Waals surface area contributed by atoms with Crippen LogP contribution in [0, 0.1) is 11.3 Å². The van der Waals surface area contributed by atoms with Crippen LogP contribution >= 0.6 is 0 Å². The van der Waals surface area contributed by atoms with E-state index >= 15 is 0 Å². The fraction of sp³-hybridized carbons (Fsp3) is 0.280.